The van der Waals surface area contributed by atoms with Gasteiger partial charge in [-0.25, -0.2) is 4.98 Å². The Kier molecular flexibility index (Phi) is 4.34. The molecule has 2 aromatic rings. The highest BCUT2D eigenvalue weighted by Crippen LogP contribution is 2.17. The second-order valence-corrected chi connectivity index (χ2v) is 4.52. The van der Waals surface area contributed by atoms with E-state index in [1.807, 2.05) is 13.0 Å². The minimum Gasteiger partial charge on any atom is -0.321 e. The number of aromatic nitrogens is 1. The molecule has 0 bridgehead atoms. The molecular weight excluding hydrogens is 274 g/mol. The number of amides is 1. The molecule has 0 saturated heterocycles. The monoisotopic (exact) mass is 285 g/mol. The molecule has 0 aliphatic carbocycles. The number of carbonyl (C=O) groups excluding carboxylic acids is 1. The molecule has 20 heavy (non-hydrogen) atoms. The van der Waals surface area contributed by atoms with Crippen molar-refractivity contribution < 1.29 is 4.79 Å². The molecule has 0 saturated carbocycles. The normalized spacial score (nSPS) is 9.85. The number of pyridine rings is 1. The number of hydrogen-bond donors (Lipinski definition) is 1. The van der Waals surface area contributed by atoms with Crippen LogP contribution in [-0.2, 0) is 6.42 Å². The summed E-state index contributed by atoms with van der Waals surface area (Å²) in [6, 6.07) is 12.1. The number of hydrogen-bond acceptors (Lipinski definition) is 3. The number of benzene rings is 1. The quantitative estimate of drug-likeness (QED) is 0.879. The van der Waals surface area contributed by atoms with E-state index in [2.05, 4.69) is 10.3 Å². The maximum Gasteiger partial charge on any atom is 0.255 e. The summed E-state index contributed by atoms with van der Waals surface area (Å²) in [6.07, 6.45) is 0.690. The first-order valence-electron chi connectivity index (χ1n) is 6.11. The van der Waals surface area contributed by atoms with Gasteiger partial charge < -0.3 is 5.32 Å². The molecule has 0 atom stereocenters. The molecule has 0 fully saturated rings. The Balaban J connectivity index is 2.29. The largest absolute Gasteiger partial charge is 0.321 e. The van der Waals surface area contributed by atoms with Crippen LogP contribution in [0.3, 0.4) is 0 Å². The molecule has 1 heterocycles. The van der Waals surface area contributed by atoms with E-state index in [1.54, 1.807) is 30.3 Å². The fraction of sp³-hybridized carbons (Fsp3) is 0.133. The van der Waals surface area contributed by atoms with Crippen LogP contribution in [0.15, 0.2) is 36.4 Å². The summed E-state index contributed by atoms with van der Waals surface area (Å²) in [5.41, 5.74) is 2.06. The van der Waals surface area contributed by atoms with Gasteiger partial charge in [0.25, 0.3) is 5.91 Å². The third-order valence-corrected chi connectivity index (χ3v) is 2.96. The van der Waals surface area contributed by atoms with Crippen molar-refractivity contribution in [3.8, 4) is 6.07 Å². The third kappa shape index (κ3) is 3.14. The Morgan fingerprint density at radius 2 is 2.15 bits per heavy atom. The van der Waals surface area contributed by atoms with Crippen LogP contribution in [0, 0.1) is 11.3 Å². The van der Waals surface area contributed by atoms with E-state index in [0.717, 1.165) is 5.69 Å². The number of halogens is 1. The van der Waals surface area contributed by atoms with Gasteiger partial charge in [0.1, 0.15) is 11.2 Å². The van der Waals surface area contributed by atoms with Gasteiger partial charge in [-0.15, -0.1) is 0 Å². The van der Waals surface area contributed by atoms with Crippen molar-refractivity contribution in [3.63, 3.8) is 0 Å². The SMILES string of the molecule is CCc1cc(C(=O)Nc2ccccc2C#N)cc(Cl)n1. The van der Waals surface area contributed by atoms with Crippen molar-refractivity contribution in [2.24, 2.45) is 0 Å². The van der Waals surface area contributed by atoms with Gasteiger partial charge in [-0.05, 0) is 30.7 Å². The lowest BCUT2D eigenvalue weighted by Gasteiger charge is -2.08. The molecule has 0 unspecified atom stereocenters. The van der Waals surface area contributed by atoms with E-state index in [-0.39, 0.29) is 11.1 Å². The van der Waals surface area contributed by atoms with E-state index >= 15 is 0 Å². The van der Waals surface area contributed by atoms with E-state index in [4.69, 9.17) is 16.9 Å². The second kappa shape index (κ2) is 6.18. The Hall–Kier alpha value is -2.38. The van der Waals surface area contributed by atoms with Crippen LogP contribution in [0.1, 0.15) is 28.5 Å². The zero-order valence-electron chi connectivity index (χ0n) is 10.9. The first-order valence-corrected chi connectivity index (χ1v) is 6.48. The zero-order chi connectivity index (χ0) is 14.5. The van der Waals surface area contributed by atoms with E-state index in [0.29, 0.717) is 23.2 Å². The van der Waals surface area contributed by atoms with E-state index < -0.39 is 0 Å². The van der Waals surface area contributed by atoms with Crippen LogP contribution in [-0.4, -0.2) is 10.9 Å². The zero-order valence-corrected chi connectivity index (χ0v) is 11.6. The summed E-state index contributed by atoms with van der Waals surface area (Å²) >= 11 is 5.89. The van der Waals surface area contributed by atoms with Crippen LogP contribution in [0.25, 0.3) is 0 Å². The fourth-order valence-electron chi connectivity index (χ4n) is 1.75. The molecular formula is C15H12ClN3O. The first-order chi connectivity index (χ1) is 9.63. The average molecular weight is 286 g/mol. The number of carbonyl (C=O) groups is 1. The molecule has 1 aromatic carbocycles. The van der Waals surface area contributed by atoms with Crippen LogP contribution in [0.2, 0.25) is 5.15 Å². The minimum absolute atomic E-state index is 0.281. The standard InChI is InChI=1S/C15H12ClN3O/c1-2-12-7-11(8-14(16)18-12)15(20)19-13-6-4-3-5-10(13)9-17/h3-8H,2H2,1H3,(H,19,20). The predicted molar refractivity (Wildman–Crippen MR) is 77.7 cm³/mol. The summed E-state index contributed by atoms with van der Waals surface area (Å²) in [5, 5.41) is 12.0. The summed E-state index contributed by atoms with van der Waals surface area (Å²) in [4.78, 5) is 16.3. The highest BCUT2D eigenvalue weighted by atomic mass is 35.5. The van der Waals surface area contributed by atoms with Crippen LogP contribution < -0.4 is 5.32 Å². The van der Waals surface area contributed by atoms with Gasteiger partial charge in [-0.1, -0.05) is 30.7 Å². The number of para-hydroxylation sites is 1. The summed E-state index contributed by atoms with van der Waals surface area (Å²) < 4.78 is 0. The van der Waals surface area contributed by atoms with E-state index in [9.17, 15) is 4.79 Å². The number of rotatable bonds is 3. The van der Waals surface area contributed by atoms with Gasteiger partial charge in [0.2, 0.25) is 0 Å². The molecule has 100 valence electrons. The molecule has 1 aromatic heterocycles. The highest BCUT2D eigenvalue weighted by Gasteiger charge is 2.11. The van der Waals surface area contributed by atoms with Crippen LogP contribution in [0.4, 0.5) is 5.69 Å². The van der Waals surface area contributed by atoms with Crippen molar-refractivity contribution in [3.05, 3.63) is 58.4 Å². The summed E-state index contributed by atoms with van der Waals surface area (Å²) in [6.45, 7) is 1.94. The lowest BCUT2D eigenvalue weighted by atomic mass is 10.1. The summed E-state index contributed by atoms with van der Waals surface area (Å²) in [5.74, 6) is -0.313. The Bertz CT molecular complexity index is 692. The molecule has 0 spiro atoms. The lowest BCUT2D eigenvalue weighted by molar-refractivity contribution is 0.102. The van der Waals surface area contributed by atoms with Crippen molar-refractivity contribution in [1.29, 1.82) is 5.26 Å². The molecule has 2 rings (SSSR count). The molecule has 0 aliphatic heterocycles. The van der Waals surface area contributed by atoms with Crippen LogP contribution >= 0.6 is 11.6 Å². The van der Waals surface area contributed by atoms with Crippen molar-refractivity contribution in [2.75, 3.05) is 5.32 Å². The predicted octanol–water partition coefficient (Wildman–Crippen LogP) is 3.42. The van der Waals surface area contributed by atoms with Crippen LogP contribution in [0.5, 0.6) is 0 Å². The van der Waals surface area contributed by atoms with Gasteiger partial charge >= 0.3 is 0 Å². The van der Waals surface area contributed by atoms with Crippen molar-refractivity contribution >= 4 is 23.2 Å². The van der Waals surface area contributed by atoms with Gasteiger partial charge in [-0.3, -0.25) is 4.79 Å². The molecule has 1 amide bonds. The Morgan fingerprint density at radius 3 is 2.85 bits per heavy atom. The summed E-state index contributed by atoms with van der Waals surface area (Å²) in [7, 11) is 0. The lowest BCUT2D eigenvalue weighted by Crippen LogP contribution is -2.13. The number of anilines is 1. The molecule has 0 aliphatic rings. The minimum atomic E-state index is -0.313. The van der Waals surface area contributed by atoms with Crippen molar-refractivity contribution in [1.82, 2.24) is 4.98 Å². The Labute approximate surface area is 122 Å². The fourth-order valence-corrected chi connectivity index (χ4v) is 1.97. The maximum absolute atomic E-state index is 12.2. The van der Waals surface area contributed by atoms with E-state index in [1.165, 1.54) is 6.07 Å². The number of nitriles is 1. The molecule has 4 nitrogen and oxygen atoms in total. The second-order valence-electron chi connectivity index (χ2n) is 4.13. The van der Waals surface area contributed by atoms with Gasteiger partial charge in [0.05, 0.1) is 11.3 Å². The average Bonchev–Trinajstić information content (AvgIpc) is 2.47. The first kappa shape index (κ1) is 14.0. The highest BCUT2D eigenvalue weighted by molar-refractivity contribution is 6.29. The van der Waals surface area contributed by atoms with Crippen molar-refractivity contribution in [2.45, 2.75) is 13.3 Å². The topological polar surface area (TPSA) is 65.8 Å². The maximum atomic E-state index is 12.2. The van der Waals surface area contributed by atoms with Gasteiger partial charge in [0, 0.05) is 11.3 Å². The molecule has 0 radical (unpaired) electrons. The Morgan fingerprint density at radius 1 is 1.40 bits per heavy atom. The van der Waals surface area contributed by atoms with Gasteiger partial charge in [0.15, 0.2) is 0 Å². The third-order valence-electron chi connectivity index (χ3n) is 2.77. The molecule has 5 heteroatoms. The smallest absolute Gasteiger partial charge is 0.255 e. The molecule has 1 N–H and O–H groups in total. The number of nitrogens with zero attached hydrogens (tertiary/aromatic N) is 2. The number of aryl methyl sites for hydroxylation is 1. The van der Waals surface area contributed by atoms with Gasteiger partial charge in [-0.2, -0.15) is 5.26 Å². The number of nitrogens with one attached hydrogen (secondary N) is 1.